The van der Waals surface area contributed by atoms with E-state index in [0.717, 1.165) is 25.7 Å². The largest absolute Gasteiger partial charge is 0.469 e. The van der Waals surface area contributed by atoms with E-state index in [2.05, 4.69) is 19.9 Å². The Morgan fingerprint density at radius 3 is 2.55 bits per heavy atom. The van der Waals surface area contributed by atoms with E-state index in [1.54, 1.807) is 6.92 Å². The number of hydrogen-bond acceptors (Lipinski definition) is 6. The highest BCUT2D eigenvalue weighted by Crippen LogP contribution is 2.58. The van der Waals surface area contributed by atoms with Gasteiger partial charge >= 0.3 is 11.9 Å². The first-order valence-corrected chi connectivity index (χ1v) is 10.7. The fourth-order valence-electron chi connectivity index (χ4n) is 5.42. The van der Waals surface area contributed by atoms with Crippen LogP contribution in [0.2, 0.25) is 0 Å². The molecule has 0 aromatic carbocycles. The normalized spacial score (nSPS) is 35.0. The van der Waals surface area contributed by atoms with Crippen LogP contribution in [0.25, 0.3) is 0 Å². The molecule has 6 atom stereocenters. The van der Waals surface area contributed by atoms with Crippen molar-refractivity contribution in [3.63, 3.8) is 0 Å². The number of carbonyl (C=O) groups is 2. The number of fused-ring (bicyclic) bond motifs is 1. The van der Waals surface area contributed by atoms with Crippen LogP contribution < -0.4 is 0 Å². The monoisotopic (exact) mass is 410 g/mol. The van der Waals surface area contributed by atoms with Crippen molar-refractivity contribution in [2.45, 2.75) is 84.8 Å². The van der Waals surface area contributed by atoms with Gasteiger partial charge in [-0.1, -0.05) is 25.5 Å². The first-order chi connectivity index (χ1) is 13.4. The molecule has 0 heterocycles. The standard InChI is InChI=1S/C23H38O6/c1-15-9-10-18-17(8-7-11-22(18,4)20(26)28-6)21(15,3)12-13-23(5,27)19(14-24)29-16(2)25/h8,15,18-19,24,27H,7,9-14H2,1-6H3/t15-,18-,19-,21+,22+,23+/m1/s1. The van der Waals surface area contributed by atoms with Gasteiger partial charge < -0.3 is 19.7 Å². The van der Waals surface area contributed by atoms with E-state index in [-0.39, 0.29) is 17.3 Å². The van der Waals surface area contributed by atoms with Crippen molar-refractivity contribution in [1.29, 1.82) is 0 Å². The van der Waals surface area contributed by atoms with E-state index in [1.165, 1.54) is 19.6 Å². The van der Waals surface area contributed by atoms with Crippen molar-refractivity contribution in [2.24, 2.45) is 22.7 Å². The van der Waals surface area contributed by atoms with Gasteiger partial charge in [0.1, 0.15) is 5.60 Å². The molecular formula is C23H38O6. The Morgan fingerprint density at radius 2 is 2.00 bits per heavy atom. The molecule has 0 spiro atoms. The van der Waals surface area contributed by atoms with Gasteiger partial charge in [-0.05, 0) is 69.6 Å². The Kier molecular flexibility index (Phi) is 7.21. The number of esters is 2. The Hall–Kier alpha value is -1.40. The van der Waals surface area contributed by atoms with Crippen molar-refractivity contribution in [3.05, 3.63) is 11.6 Å². The van der Waals surface area contributed by atoms with Crippen LogP contribution in [0.3, 0.4) is 0 Å². The maximum Gasteiger partial charge on any atom is 0.312 e. The van der Waals surface area contributed by atoms with Crippen molar-refractivity contribution < 1.29 is 29.3 Å². The molecule has 0 saturated heterocycles. The van der Waals surface area contributed by atoms with Gasteiger partial charge in [0.25, 0.3) is 0 Å². The second-order valence-electron chi connectivity index (χ2n) is 9.69. The molecule has 0 aromatic rings. The molecule has 0 radical (unpaired) electrons. The molecule has 0 unspecified atom stereocenters. The molecule has 29 heavy (non-hydrogen) atoms. The third-order valence-corrected chi connectivity index (χ3v) is 7.78. The Morgan fingerprint density at radius 1 is 1.34 bits per heavy atom. The zero-order valence-corrected chi connectivity index (χ0v) is 18.8. The summed E-state index contributed by atoms with van der Waals surface area (Å²) >= 11 is 0. The molecule has 2 aliphatic carbocycles. The zero-order chi connectivity index (χ0) is 22.0. The van der Waals surface area contributed by atoms with E-state index >= 15 is 0 Å². The minimum Gasteiger partial charge on any atom is -0.469 e. The van der Waals surface area contributed by atoms with E-state index in [4.69, 9.17) is 9.47 Å². The quantitative estimate of drug-likeness (QED) is 0.494. The van der Waals surface area contributed by atoms with Gasteiger partial charge in [0.15, 0.2) is 6.10 Å². The van der Waals surface area contributed by atoms with Crippen LogP contribution in [0.15, 0.2) is 11.6 Å². The SMILES string of the molecule is COC(=O)[C@@]1(C)CCC=C2[C@H]1CC[C@@H](C)[C@]2(C)CC[C@](C)(O)[C@@H](CO)OC(C)=O. The lowest BCUT2D eigenvalue weighted by molar-refractivity contribution is -0.167. The lowest BCUT2D eigenvalue weighted by Crippen LogP contribution is -2.49. The minimum absolute atomic E-state index is 0.136. The number of ether oxygens (including phenoxy) is 2. The highest BCUT2D eigenvalue weighted by Gasteiger charge is 2.53. The number of rotatable bonds is 7. The Balaban J connectivity index is 2.27. The van der Waals surface area contributed by atoms with E-state index in [9.17, 15) is 19.8 Å². The molecule has 2 N–H and O–H groups in total. The average molecular weight is 411 g/mol. The number of methoxy groups -OCH3 is 1. The summed E-state index contributed by atoms with van der Waals surface area (Å²) in [5, 5.41) is 20.6. The summed E-state index contributed by atoms with van der Waals surface area (Å²) in [5.41, 5.74) is -0.747. The smallest absolute Gasteiger partial charge is 0.312 e. The highest BCUT2D eigenvalue weighted by atomic mass is 16.6. The molecule has 166 valence electrons. The Labute approximate surface area is 174 Å². The van der Waals surface area contributed by atoms with Gasteiger partial charge in [0.05, 0.1) is 19.1 Å². The minimum atomic E-state index is -1.34. The first kappa shape index (κ1) is 23.9. The van der Waals surface area contributed by atoms with Crippen LogP contribution in [0.5, 0.6) is 0 Å². The Bertz CT molecular complexity index is 654. The zero-order valence-electron chi connectivity index (χ0n) is 18.8. The van der Waals surface area contributed by atoms with Crippen LogP contribution in [0.1, 0.15) is 73.1 Å². The molecule has 6 nitrogen and oxygen atoms in total. The fraction of sp³-hybridized carbons (Fsp3) is 0.826. The van der Waals surface area contributed by atoms with E-state index in [0.29, 0.717) is 18.8 Å². The van der Waals surface area contributed by atoms with Crippen molar-refractivity contribution in [1.82, 2.24) is 0 Å². The molecule has 2 rings (SSSR count). The maximum absolute atomic E-state index is 12.6. The molecule has 0 bridgehead atoms. The summed E-state index contributed by atoms with van der Waals surface area (Å²) in [7, 11) is 1.46. The molecule has 2 aliphatic rings. The van der Waals surface area contributed by atoms with E-state index < -0.39 is 29.7 Å². The highest BCUT2D eigenvalue weighted by molar-refractivity contribution is 5.77. The number of aliphatic hydroxyl groups is 2. The predicted molar refractivity (Wildman–Crippen MR) is 110 cm³/mol. The van der Waals surface area contributed by atoms with Gasteiger partial charge in [0, 0.05) is 6.92 Å². The molecular weight excluding hydrogens is 372 g/mol. The van der Waals surface area contributed by atoms with Gasteiger partial charge in [-0.15, -0.1) is 0 Å². The summed E-state index contributed by atoms with van der Waals surface area (Å²) in [6.45, 7) is 8.92. The third-order valence-electron chi connectivity index (χ3n) is 7.78. The fourth-order valence-corrected chi connectivity index (χ4v) is 5.42. The molecule has 0 amide bonds. The summed E-state index contributed by atoms with van der Waals surface area (Å²) in [4.78, 5) is 24.0. The summed E-state index contributed by atoms with van der Waals surface area (Å²) < 4.78 is 10.3. The second-order valence-corrected chi connectivity index (χ2v) is 9.69. The molecule has 1 saturated carbocycles. The van der Waals surface area contributed by atoms with Gasteiger partial charge in [-0.3, -0.25) is 9.59 Å². The number of aliphatic hydroxyl groups excluding tert-OH is 1. The lowest BCUT2D eigenvalue weighted by Gasteiger charge is -2.53. The van der Waals surface area contributed by atoms with Crippen molar-refractivity contribution in [2.75, 3.05) is 13.7 Å². The van der Waals surface area contributed by atoms with Crippen molar-refractivity contribution in [3.8, 4) is 0 Å². The van der Waals surface area contributed by atoms with Crippen LogP contribution in [0.4, 0.5) is 0 Å². The van der Waals surface area contributed by atoms with Gasteiger partial charge in [-0.2, -0.15) is 0 Å². The van der Waals surface area contributed by atoms with E-state index in [1.807, 2.05) is 6.92 Å². The molecule has 0 aromatic heterocycles. The van der Waals surface area contributed by atoms with Crippen LogP contribution in [-0.2, 0) is 19.1 Å². The lowest BCUT2D eigenvalue weighted by atomic mass is 9.51. The second kappa shape index (κ2) is 8.76. The first-order valence-electron chi connectivity index (χ1n) is 10.7. The van der Waals surface area contributed by atoms with Gasteiger partial charge in [-0.25, -0.2) is 0 Å². The molecule has 1 fully saturated rings. The number of allylic oxidation sites excluding steroid dienone is 2. The summed E-state index contributed by atoms with van der Waals surface area (Å²) in [6.07, 6.45) is 5.97. The number of carbonyl (C=O) groups excluding carboxylic acids is 2. The van der Waals surface area contributed by atoms with Crippen LogP contribution in [-0.4, -0.2) is 47.6 Å². The van der Waals surface area contributed by atoms with Crippen molar-refractivity contribution >= 4 is 11.9 Å². The van der Waals surface area contributed by atoms with Crippen LogP contribution >= 0.6 is 0 Å². The third kappa shape index (κ3) is 4.53. The predicted octanol–water partition coefficient (Wildman–Crippen LogP) is 3.39. The average Bonchev–Trinajstić information content (AvgIpc) is 2.67. The topological polar surface area (TPSA) is 93.1 Å². The summed E-state index contributed by atoms with van der Waals surface area (Å²) in [6, 6.07) is 0. The number of hydrogen-bond donors (Lipinski definition) is 2. The van der Waals surface area contributed by atoms with Gasteiger partial charge in [0.2, 0.25) is 0 Å². The molecule has 6 heteroatoms. The summed E-state index contributed by atoms with van der Waals surface area (Å²) in [5.74, 6) is -0.142. The molecule has 0 aliphatic heterocycles. The van der Waals surface area contributed by atoms with Crippen LogP contribution in [0, 0.1) is 22.7 Å². The maximum atomic E-state index is 12.6.